The Kier molecular flexibility index (Phi) is 51.1. The summed E-state index contributed by atoms with van der Waals surface area (Å²) in [5.74, 6) is -0.0119. The summed E-state index contributed by atoms with van der Waals surface area (Å²) in [5, 5.41) is 0. The third-order valence-corrected chi connectivity index (χ3v) is 13.3. The molecule has 6 heteroatoms. The first-order valence-corrected chi connectivity index (χ1v) is 28.9. The van der Waals surface area contributed by atoms with E-state index in [-0.39, 0.29) is 31.1 Å². The van der Waals surface area contributed by atoms with Crippen LogP contribution in [0.1, 0.15) is 329 Å². The molecule has 0 aliphatic carbocycles. The van der Waals surface area contributed by atoms with Crippen molar-refractivity contribution in [3.05, 3.63) is 0 Å². The van der Waals surface area contributed by atoms with Crippen molar-refractivity contribution in [3.63, 3.8) is 0 Å². The summed E-state index contributed by atoms with van der Waals surface area (Å²) in [7, 11) is 0. The van der Waals surface area contributed by atoms with Gasteiger partial charge in [-0.15, -0.1) is 0 Å². The summed E-state index contributed by atoms with van der Waals surface area (Å²) in [6.45, 7) is 9.05. The zero-order valence-corrected chi connectivity index (χ0v) is 43.8. The van der Waals surface area contributed by atoms with Crippen molar-refractivity contribution in [1.29, 1.82) is 0 Å². The lowest BCUT2D eigenvalue weighted by molar-refractivity contribution is -0.167. The van der Waals surface area contributed by atoms with Crippen molar-refractivity contribution in [1.82, 2.24) is 0 Å². The summed E-state index contributed by atoms with van der Waals surface area (Å²) < 4.78 is 16.9. The molecule has 64 heavy (non-hydrogen) atoms. The van der Waals surface area contributed by atoms with Gasteiger partial charge in [-0.2, -0.15) is 0 Å². The van der Waals surface area contributed by atoms with Crippen molar-refractivity contribution in [2.75, 3.05) is 13.2 Å². The van der Waals surface area contributed by atoms with Gasteiger partial charge < -0.3 is 14.2 Å². The molecule has 0 radical (unpaired) electrons. The topological polar surface area (TPSA) is 78.9 Å². The van der Waals surface area contributed by atoms with Crippen molar-refractivity contribution in [2.24, 2.45) is 5.92 Å². The van der Waals surface area contributed by atoms with Gasteiger partial charge in [0.05, 0.1) is 0 Å². The first-order chi connectivity index (χ1) is 31.4. The van der Waals surface area contributed by atoms with Gasteiger partial charge in [-0.25, -0.2) is 0 Å². The van der Waals surface area contributed by atoms with Gasteiger partial charge in [-0.05, 0) is 25.2 Å². The van der Waals surface area contributed by atoms with Gasteiger partial charge >= 0.3 is 17.9 Å². The molecular weight excluding hydrogens is 793 g/mol. The molecule has 0 aromatic heterocycles. The zero-order chi connectivity index (χ0) is 46.7. The van der Waals surface area contributed by atoms with Crippen LogP contribution in [0.4, 0.5) is 0 Å². The summed E-state index contributed by atoms with van der Waals surface area (Å²) in [4.78, 5) is 38.1. The van der Waals surface area contributed by atoms with Crippen molar-refractivity contribution >= 4 is 17.9 Å². The molecular formula is C58H112O6. The van der Waals surface area contributed by atoms with Gasteiger partial charge in [0, 0.05) is 19.3 Å². The van der Waals surface area contributed by atoms with Gasteiger partial charge in [0.25, 0.3) is 0 Å². The molecule has 0 aliphatic rings. The van der Waals surface area contributed by atoms with Crippen LogP contribution in [0.5, 0.6) is 0 Å². The first-order valence-electron chi connectivity index (χ1n) is 28.9. The number of hydrogen-bond donors (Lipinski definition) is 0. The van der Waals surface area contributed by atoms with Crippen LogP contribution in [-0.4, -0.2) is 37.2 Å². The van der Waals surface area contributed by atoms with Crippen molar-refractivity contribution in [2.45, 2.75) is 336 Å². The lowest BCUT2D eigenvalue weighted by Gasteiger charge is -2.18. The largest absolute Gasteiger partial charge is 0.462 e. The monoisotopic (exact) mass is 905 g/mol. The van der Waals surface area contributed by atoms with E-state index in [0.717, 1.165) is 63.7 Å². The smallest absolute Gasteiger partial charge is 0.306 e. The van der Waals surface area contributed by atoms with E-state index in [9.17, 15) is 14.4 Å². The van der Waals surface area contributed by atoms with E-state index in [1.165, 1.54) is 225 Å². The van der Waals surface area contributed by atoms with E-state index in [0.29, 0.717) is 19.3 Å². The van der Waals surface area contributed by atoms with Crippen LogP contribution in [0.2, 0.25) is 0 Å². The second-order valence-corrected chi connectivity index (χ2v) is 20.4. The third-order valence-electron chi connectivity index (χ3n) is 13.3. The first kappa shape index (κ1) is 62.4. The second kappa shape index (κ2) is 52.4. The van der Waals surface area contributed by atoms with Crippen LogP contribution < -0.4 is 0 Å². The summed E-state index contributed by atoms with van der Waals surface area (Å²) in [6, 6.07) is 0. The van der Waals surface area contributed by atoms with E-state index < -0.39 is 6.10 Å². The highest BCUT2D eigenvalue weighted by atomic mass is 16.6. The Balaban J connectivity index is 4.26. The van der Waals surface area contributed by atoms with Crippen molar-refractivity contribution in [3.8, 4) is 0 Å². The molecule has 0 spiro atoms. The van der Waals surface area contributed by atoms with E-state index in [1.54, 1.807) is 0 Å². The Morgan fingerprint density at radius 1 is 0.297 bits per heavy atom. The summed E-state index contributed by atoms with van der Waals surface area (Å²) in [6.07, 6.45) is 56.7. The SMILES string of the molecule is CCCCCCCCCCCCCCCCCCCCCC(=O)OC[C@@H](COC(=O)CCCCCCCCCCCCCCC)OC(=O)CCCCCCCCCCCCCC(C)C. The van der Waals surface area contributed by atoms with Crippen LogP contribution in [0, 0.1) is 5.92 Å². The molecule has 0 amide bonds. The standard InChI is InChI=1S/C58H112O6/c1-5-7-9-11-13-15-17-19-20-21-22-23-24-26-30-34-38-42-46-50-57(60)63-53-55(52-62-56(59)49-45-41-37-33-29-25-18-16-14-12-10-8-6-2)64-58(61)51-47-43-39-35-31-27-28-32-36-40-44-48-54(3)4/h54-55H,5-53H2,1-4H3/t55-/m1/s1. The van der Waals surface area contributed by atoms with Crippen molar-refractivity contribution < 1.29 is 28.6 Å². The number of esters is 3. The molecule has 0 saturated carbocycles. The maximum atomic E-state index is 12.8. The number of carbonyl (C=O) groups is 3. The normalized spacial score (nSPS) is 12.0. The highest BCUT2D eigenvalue weighted by Crippen LogP contribution is 2.18. The quantitative estimate of drug-likeness (QED) is 0.0344. The molecule has 380 valence electrons. The Morgan fingerprint density at radius 2 is 0.516 bits per heavy atom. The van der Waals surface area contributed by atoms with Crippen LogP contribution in [-0.2, 0) is 28.6 Å². The zero-order valence-electron chi connectivity index (χ0n) is 43.8. The highest BCUT2D eigenvalue weighted by Gasteiger charge is 2.19. The molecule has 0 heterocycles. The van der Waals surface area contributed by atoms with E-state index >= 15 is 0 Å². The van der Waals surface area contributed by atoms with Gasteiger partial charge in [0.15, 0.2) is 6.10 Å². The Hall–Kier alpha value is -1.59. The molecule has 0 aliphatic heterocycles. The summed E-state index contributed by atoms with van der Waals surface area (Å²) in [5.41, 5.74) is 0. The number of carbonyl (C=O) groups excluding carboxylic acids is 3. The molecule has 6 nitrogen and oxygen atoms in total. The Bertz CT molecular complexity index is 964. The molecule has 0 fully saturated rings. The van der Waals surface area contributed by atoms with Crippen LogP contribution in [0.15, 0.2) is 0 Å². The van der Waals surface area contributed by atoms with Crippen LogP contribution >= 0.6 is 0 Å². The third kappa shape index (κ3) is 51.4. The average molecular weight is 906 g/mol. The number of rotatable bonds is 53. The maximum absolute atomic E-state index is 12.8. The van der Waals surface area contributed by atoms with E-state index in [4.69, 9.17) is 14.2 Å². The highest BCUT2D eigenvalue weighted by molar-refractivity contribution is 5.71. The van der Waals surface area contributed by atoms with Crippen LogP contribution in [0.3, 0.4) is 0 Å². The number of hydrogen-bond acceptors (Lipinski definition) is 6. The van der Waals surface area contributed by atoms with E-state index in [1.807, 2.05) is 0 Å². The molecule has 0 rings (SSSR count). The fourth-order valence-corrected chi connectivity index (χ4v) is 8.92. The molecule has 0 aromatic rings. The molecule has 1 atom stereocenters. The fourth-order valence-electron chi connectivity index (χ4n) is 8.92. The molecule has 0 aromatic carbocycles. The lowest BCUT2D eigenvalue weighted by atomic mass is 10.0. The minimum absolute atomic E-state index is 0.0621. The predicted molar refractivity (Wildman–Crippen MR) is 275 cm³/mol. The van der Waals surface area contributed by atoms with Crippen LogP contribution in [0.25, 0.3) is 0 Å². The number of ether oxygens (including phenoxy) is 3. The average Bonchev–Trinajstić information content (AvgIpc) is 3.28. The minimum atomic E-state index is -0.762. The molecule has 0 unspecified atom stereocenters. The fraction of sp³-hybridized carbons (Fsp3) is 0.948. The molecule has 0 bridgehead atoms. The van der Waals surface area contributed by atoms with Gasteiger partial charge in [-0.3, -0.25) is 14.4 Å². The predicted octanol–water partition coefficient (Wildman–Crippen LogP) is 19.0. The molecule has 0 saturated heterocycles. The van der Waals surface area contributed by atoms with Gasteiger partial charge in [0.1, 0.15) is 13.2 Å². The Labute approximate surface area is 399 Å². The maximum Gasteiger partial charge on any atom is 0.306 e. The van der Waals surface area contributed by atoms with E-state index in [2.05, 4.69) is 27.7 Å². The summed E-state index contributed by atoms with van der Waals surface area (Å²) >= 11 is 0. The second-order valence-electron chi connectivity index (χ2n) is 20.4. The minimum Gasteiger partial charge on any atom is -0.462 e. The lowest BCUT2D eigenvalue weighted by Crippen LogP contribution is -2.30. The van der Waals surface area contributed by atoms with Gasteiger partial charge in [0.2, 0.25) is 0 Å². The molecule has 0 N–H and O–H groups in total. The Morgan fingerprint density at radius 3 is 0.766 bits per heavy atom. The number of unbranched alkanes of at least 4 members (excludes halogenated alkanes) is 40. The van der Waals surface area contributed by atoms with Gasteiger partial charge in [-0.1, -0.05) is 291 Å².